The van der Waals surface area contributed by atoms with Crippen molar-refractivity contribution in [2.45, 2.75) is 136 Å². The minimum absolute atomic E-state index is 0.0210. The average Bonchev–Trinajstić information content (AvgIpc) is 3.88. The highest BCUT2D eigenvalue weighted by atomic mass is 32.2. The maximum absolute atomic E-state index is 15.4. The van der Waals surface area contributed by atoms with E-state index in [1.54, 1.807) is 30.6 Å². The van der Waals surface area contributed by atoms with Crippen LogP contribution in [0.5, 0.6) is 0 Å². The summed E-state index contributed by atoms with van der Waals surface area (Å²) in [4.78, 5) is 17.7. The summed E-state index contributed by atoms with van der Waals surface area (Å²) in [6.45, 7) is 11.1. The SMILES string of the molecule is COCO[C@@H]1[C@@H](C)[C@H](C)[C@]2(CCOC2)O[C@H]1[C@@H](OCc1ccccc1)[C@H](C)C(=O)O[C@H]1C[C@@H](C)C[C@@H](OCc2ccccc2)[C@H](COCc2ccccc2)O[C@@H]1CC(Sc1ccccc1)Sc1ccccc1. The van der Waals surface area contributed by atoms with Crippen LogP contribution in [0.15, 0.2) is 161 Å². The summed E-state index contributed by atoms with van der Waals surface area (Å²) >= 11 is 3.59. The van der Waals surface area contributed by atoms with Crippen LogP contribution in [-0.2, 0) is 67.2 Å². The summed E-state index contributed by atoms with van der Waals surface area (Å²) in [6, 6.07) is 51.4. The zero-order valence-corrected chi connectivity index (χ0v) is 44.2. The Hall–Kier alpha value is -4.05. The number of methoxy groups -OCH3 is 1. The molecular weight excluding hydrogens is 945 g/mol. The quantitative estimate of drug-likeness (QED) is 0.0354. The van der Waals surface area contributed by atoms with E-state index < -0.39 is 48.1 Å². The molecule has 0 radical (unpaired) electrons. The van der Waals surface area contributed by atoms with Crippen molar-refractivity contribution in [3.05, 3.63) is 168 Å². The van der Waals surface area contributed by atoms with Crippen LogP contribution in [0.1, 0.15) is 70.1 Å². The van der Waals surface area contributed by atoms with Gasteiger partial charge in [0.05, 0.1) is 73.6 Å². The Morgan fingerprint density at radius 1 is 0.694 bits per heavy atom. The lowest BCUT2D eigenvalue weighted by atomic mass is 9.71. The van der Waals surface area contributed by atoms with Crippen LogP contribution in [0.4, 0.5) is 0 Å². The van der Waals surface area contributed by atoms with Crippen molar-refractivity contribution in [1.29, 1.82) is 0 Å². The molecule has 1 spiro atoms. The fourth-order valence-electron chi connectivity index (χ4n) is 10.4. The largest absolute Gasteiger partial charge is 0.459 e. The third kappa shape index (κ3) is 15.1. The van der Waals surface area contributed by atoms with Crippen molar-refractivity contribution in [2.75, 3.05) is 33.7 Å². The van der Waals surface area contributed by atoms with Gasteiger partial charge in [0.15, 0.2) is 0 Å². The van der Waals surface area contributed by atoms with Crippen LogP contribution in [0.3, 0.4) is 0 Å². The van der Waals surface area contributed by atoms with Crippen LogP contribution in [0.25, 0.3) is 0 Å². The molecule has 5 aromatic carbocycles. The van der Waals surface area contributed by atoms with Crippen molar-refractivity contribution < 1.29 is 47.4 Å². The molecular formula is C60H74O10S2. The summed E-state index contributed by atoms with van der Waals surface area (Å²) < 4.78 is 60.0. The molecule has 12 heteroatoms. The molecule has 0 aromatic heterocycles. The van der Waals surface area contributed by atoms with Crippen molar-refractivity contribution in [3.8, 4) is 0 Å². The molecule has 3 heterocycles. The van der Waals surface area contributed by atoms with Gasteiger partial charge in [-0.2, -0.15) is 0 Å². The summed E-state index contributed by atoms with van der Waals surface area (Å²) in [7, 11) is 1.62. The van der Waals surface area contributed by atoms with Gasteiger partial charge in [-0.25, -0.2) is 0 Å². The average molecular weight is 1020 g/mol. The first-order valence-corrected chi connectivity index (χ1v) is 27.5. The van der Waals surface area contributed by atoms with Crippen LogP contribution in [0.2, 0.25) is 0 Å². The molecule has 12 atom stereocenters. The first kappa shape index (κ1) is 54.2. The molecule has 0 unspecified atom stereocenters. The van der Waals surface area contributed by atoms with E-state index in [1.165, 1.54) is 0 Å². The second-order valence-corrected chi connectivity index (χ2v) is 22.7. The van der Waals surface area contributed by atoms with Gasteiger partial charge < -0.3 is 42.6 Å². The van der Waals surface area contributed by atoms with Gasteiger partial charge in [0.25, 0.3) is 0 Å². The Balaban J connectivity index is 1.13. The fraction of sp³-hybridized carbons (Fsp3) is 0.483. The second-order valence-electron chi connectivity index (χ2n) is 19.8. The van der Waals surface area contributed by atoms with Gasteiger partial charge in [-0.15, -0.1) is 23.5 Å². The molecule has 386 valence electrons. The summed E-state index contributed by atoms with van der Waals surface area (Å²) in [5.41, 5.74) is 2.59. The predicted octanol–water partition coefficient (Wildman–Crippen LogP) is 12.2. The van der Waals surface area contributed by atoms with Gasteiger partial charge in [0.1, 0.15) is 25.1 Å². The number of rotatable bonds is 23. The third-order valence-corrected chi connectivity index (χ3v) is 17.1. The molecule has 5 aromatic rings. The maximum atomic E-state index is 15.4. The Kier molecular flexibility index (Phi) is 20.7. The number of hydrogen-bond donors (Lipinski definition) is 0. The molecule has 3 saturated heterocycles. The highest BCUT2D eigenvalue weighted by Crippen LogP contribution is 2.47. The van der Waals surface area contributed by atoms with Gasteiger partial charge in [0.2, 0.25) is 0 Å². The minimum atomic E-state index is -0.770. The van der Waals surface area contributed by atoms with Crippen LogP contribution in [0, 0.1) is 23.7 Å². The van der Waals surface area contributed by atoms with E-state index in [9.17, 15) is 0 Å². The highest BCUT2D eigenvalue weighted by Gasteiger charge is 2.56. The van der Waals surface area contributed by atoms with Crippen molar-refractivity contribution in [2.24, 2.45) is 23.7 Å². The maximum Gasteiger partial charge on any atom is 0.311 e. The van der Waals surface area contributed by atoms with E-state index in [-0.39, 0.29) is 54.4 Å². The third-order valence-electron chi connectivity index (χ3n) is 14.6. The lowest BCUT2D eigenvalue weighted by Crippen LogP contribution is -2.63. The molecule has 10 nitrogen and oxygen atoms in total. The van der Waals surface area contributed by atoms with E-state index in [4.69, 9.17) is 42.6 Å². The van der Waals surface area contributed by atoms with Crippen LogP contribution in [-0.4, -0.2) is 92.6 Å². The lowest BCUT2D eigenvalue weighted by Gasteiger charge is -2.52. The smallest absolute Gasteiger partial charge is 0.311 e. The number of thioether (sulfide) groups is 2. The Morgan fingerprint density at radius 2 is 1.25 bits per heavy atom. The van der Waals surface area contributed by atoms with Gasteiger partial charge in [0, 0.05) is 29.9 Å². The van der Waals surface area contributed by atoms with E-state index in [2.05, 4.69) is 93.6 Å². The van der Waals surface area contributed by atoms with E-state index in [0.29, 0.717) is 45.7 Å². The number of benzene rings is 5. The number of carbonyl (C=O) groups excluding carboxylic acids is 1. The van der Waals surface area contributed by atoms with Crippen molar-refractivity contribution in [1.82, 2.24) is 0 Å². The Morgan fingerprint density at radius 3 is 1.82 bits per heavy atom. The molecule has 0 bridgehead atoms. The molecule has 72 heavy (non-hydrogen) atoms. The molecule has 0 aliphatic carbocycles. The van der Waals surface area contributed by atoms with Crippen molar-refractivity contribution >= 4 is 29.5 Å². The standard InChI is InChI=1S/C60H74O10S2/c1-42-33-51(65-37-47-23-13-7-14-24-47)54(39-64-36-46-21-11-6-12-22-46)68-53(35-55(71-49-27-17-9-18-28-49)72-50-29-19-10-20-30-50)52(34-42)69-59(61)44(3)57(66-38-48-25-15-8-16-26-48)58-56(67-41-62-5)43(2)45(4)60(70-58)31-32-63-40-60/h6-30,42-45,51-58H,31-41H2,1-5H3/t42-,43-,44-,45-,51+,52-,53+,54-,56+,57-,58+,60+/m0/s1. The Bertz CT molecular complexity index is 2270. The molecule has 0 saturated carbocycles. The zero-order valence-electron chi connectivity index (χ0n) is 42.5. The fourth-order valence-corrected chi connectivity index (χ4v) is 13.0. The molecule has 3 aliphatic heterocycles. The first-order chi connectivity index (χ1) is 35.2. The molecule has 3 aliphatic rings. The number of hydrogen-bond acceptors (Lipinski definition) is 12. The van der Waals surface area contributed by atoms with Gasteiger partial charge in [-0.3, -0.25) is 4.79 Å². The minimum Gasteiger partial charge on any atom is -0.459 e. The predicted molar refractivity (Wildman–Crippen MR) is 283 cm³/mol. The second kappa shape index (κ2) is 27.5. The first-order valence-electron chi connectivity index (χ1n) is 25.8. The molecule has 3 fully saturated rings. The van der Waals surface area contributed by atoms with Gasteiger partial charge in [-0.1, -0.05) is 148 Å². The van der Waals surface area contributed by atoms with E-state index in [1.807, 2.05) is 85.8 Å². The lowest BCUT2D eigenvalue weighted by molar-refractivity contribution is -0.280. The zero-order chi connectivity index (χ0) is 50.1. The Labute approximate surface area is 436 Å². The van der Waals surface area contributed by atoms with E-state index >= 15 is 4.79 Å². The van der Waals surface area contributed by atoms with Gasteiger partial charge >= 0.3 is 5.97 Å². The summed E-state index contributed by atoms with van der Waals surface area (Å²) in [5, 5.41) is 0. The normalized spacial score (nSPS) is 27.5. The number of esters is 1. The van der Waals surface area contributed by atoms with Crippen LogP contribution < -0.4 is 0 Å². The van der Waals surface area contributed by atoms with E-state index in [0.717, 1.165) is 32.9 Å². The molecule has 8 rings (SSSR count). The number of ether oxygens (including phenoxy) is 9. The highest BCUT2D eigenvalue weighted by molar-refractivity contribution is 8.17. The monoisotopic (exact) mass is 1020 g/mol. The number of carbonyl (C=O) groups is 1. The van der Waals surface area contributed by atoms with Crippen LogP contribution >= 0.6 is 23.5 Å². The topological polar surface area (TPSA) is 100 Å². The van der Waals surface area contributed by atoms with Crippen molar-refractivity contribution in [3.63, 3.8) is 0 Å². The molecule has 0 N–H and O–H groups in total. The summed E-state index contributed by atoms with van der Waals surface area (Å²) in [6.07, 6.45) is -1.20. The van der Waals surface area contributed by atoms with Gasteiger partial charge in [-0.05, 0) is 84.9 Å². The molecule has 0 amide bonds. The summed E-state index contributed by atoms with van der Waals surface area (Å²) in [5.74, 6) is -0.908.